The molecule has 0 spiro atoms. The van der Waals surface area contributed by atoms with Crippen LogP contribution in [0.3, 0.4) is 0 Å². The Hall–Kier alpha value is -1.35. The molecule has 0 radical (unpaired) electrons. The number of nitrogens with zero attached hydrogens (tertiary/aromatic N) is 1. The fourth-order valence-corrected chi connectivity index (χ4v) is 3.05. The molecule has 2 rings (SSSR count). The van der Waals surface area contributed by atoms with Crippen LogP contribution in [-0.2, 0) is 6.54 Å². The number of rotatable bonds is 4. The van der Waals surface area contributed by atoms with Crippen molar-refractivity contribution in [2.24, 2.45) is 11.3 Å². The third-order valence-corrected chi connectivity index (χ3v) is 4.58. The molecule has 0 amide bonds. The summed E-state index contributed by atoms with van der Waals surface area (Å²) in [7, 11) is 1.69. The highest BCUT2D eigenvalue weighted by atomic mass is 16.5. The molecule has 0 aliphatic carbocycles. The van der Waals surface area contributed by atoms with Gasteiger partial charge >= 0.3 is 0 Å². The molecule has 1 aliphatic rings. The van der Waals surface area contributed by atoms with Gasteiger partial charge in [0.25, 0.3) is 0 Å². The predicted octanol–water partition coefficient (Wildman–Crippen LogP) is 3.77. The third-order valence-electron chi connectivity index (χ3n) is 4.58. The molecule has 3 nitrogen and oxygen atoms in total. The molecule has 1 heterocycles. The van der Waals surface area contributed by atoms with Crippen LogP contribution in [0.1, 0.15) is 50.0 Å². The largest absolute Gasteiger partial charge is 0.496 e. The van der Waals surface area contributed by atoms with Crippen LogP contribution in [0.2, 0.25) is 0 Å². The second-order valence-electron chi connectivity index (χ2n) is 7.17. The topological polar surface area (TPSA) is 29.5 Å². The van der Waals surface area contributed by atoms with Crippen molar-refractivity contribution in [1.82, 2.24) is 4.90 Å². The van der Waals surface area contributed by atoms with Gasteiger partial charge in [0.05, 0.1) is 7.11 Å². The second kappa shape index (κ2) is 6.18. The summed E-state index contributed by atoms with van der Waals surface area (Å²) in [4.78, 5) is 14.0. The van der Waals surface area contributed by atoms with Gasteiger partial charge in [0, 0.05) is 24.2 Å². The molecule has 1 saturated heterocycles. The van der Waals surface area contributed by atoms with Crippen molar-refractivity contribution in [1.29, 1.82) is 0 Å². The first-order chi connectivity index (χ1) is 9.81. The average Bonchev–Trinajstić information content (AvgIpc) is 2.87. The first-order valence-corrected chi connectivity index (χ1v) is 7.71. The standard InChI is InChI=1S/C18H27NO2/c1-13(20)14-6-7-17(21-5)15(10-14)11-19-9-8-16(12-19)18(2,3)4/h6-7,10,16H,8-9,11-12H2,1-5H3. The Morgan fingerprint density at radius 3 is 2.62 bits per heavy atom. The lowest BCUT2D eigenvalue weighted by molar-refractivity contribution is 0.101. The summed E-state index contributed by atoms with van der Waals surface area (Å²) < 4.78 is 5.45. The van der Waals surface area contributed by atoms with E-state index in [1.807, 2.05) is 18.2 Å². The van der Waals surface area contributed by atoms with Gasteiger partial charge in [-0.2, -0.15) is 0 Å². The number of hydrogen-bond acceptors (Lipinski definition) is 3. The molecular formula is C18H27NO2. The maximum Gasteiger partial charge on any atom is 0.159 e. The van der Waals surface area contributed by atoms with Gasteiger partial charge in [0.15, 0.2) is 5.78 Å². The molecule has 3 heteroatoms. The SMILES string of the molecule is COc1ccc(C(C)=O)cc1CN1CCC(C(C)(C)C)C1. The lowest BCUT2D eigenvalue weighted by Crippen LogP contribution is -2.26. The number of ether oxygens (including phenoxy) is 1. The van der Waals surface area contributed by atoms with E-state index in [1.165, 1.54) is 6.42 Å². The Morgan fingerprint density at radius 1 is 1.38 bits per heavy atom. The van der Waals surface area contributed by atoms with Crippen LogP contribution < -0.4 is 4.74 Å². The van der Waals surface area contributed by atoms with Gasteiger partial charge in [-0.1, -0.05) is 20.8 Å². The highest BCUT2D eigenvalue weighted by Crippen LogP contribution is 2.34. The molecule has 1 fully saturated rings. The van der Waals surface area contributed by atoms with Gasteiger partial charge in [-0.25, -0.2) is 0 Å². The monoisotopic (exact) mass is 289 g/mol. The minimum absolute atomic E-state index is 0.105. The fourth-order valence-electron chi connectivity index (χ4n) is 3.05. The van der Waals surface area contributed by atoms with Crippen molar-refractivity contribution in [3.05, 3.63) is 29.3 Å². The van der Waals surface area contributed by atoms with Gasteiger partial charge in [-0.3, -0.25) is 9.69 Å². The molecule has 1 atom stereocenters. The Kier molecular flexibility index (Phi) is 4.72. The van der Waals surface area contributed by atoms with Crippen molar-refractivity contribution >= 4 is 5.78 Å². The van der Waals surface area contributed by atoms with E-state index in [-0.39, 0.29) is 5.78 Å². The lowest BCUT2D eigenvalue weighted by Gasteiger charge is -2.27. The highest BCUT2D eigenvalue weighted by molar-refractivity contribution is 5.94. The number of likely N-dealkylation sites (tertiary alicyclic amines) is 1. The van der Waals surface area contributed by atoms with E-state index in [0.717, 1.165) is 42.4 Å². The Morgan fingerprint density at radius 2 is 2.10 bits per heavy atom. The summed E-state index contributed by atoms with van der Waals surface area (Å²) in [5.74, 6) is 1.71. The first kappa shape index (κ1) is 16.0. The number of ketones is 1. The molecule has 1 unspecified atom stereocenters. The minimum Gasteiger partial charge on any atom is -0.496 e. The number of methoxy groups -OCH3 is 1. The third kappa shape index (κ3) is 3.85. The summed E-state index contributed by atoms with van der Waals surface area (Å²) >= 11 is 0. The number of benzene rings is 1. The average molecular weight is 289 g/mol. The molecular weight excluding hydrogens is 262 g/mol. The van der Waals surface area contributed by atoms with Gasteiger partial charge in [-0.15, -0.1) is 0 Å². The number of Topliss-reactive ketones (excluding diaryl/α,β-unsaturated/α-hetero) is 1. The van der Waals surface area contributed by atoms with Crippen molar-refractivity contribution < 1.29 is 9.53 Å². The lowest BCUT2D eigenvalue weighted by atomic mass is 9.80. The molecule has 1 aliphatic heterocycles. The predicted molar refractivity (Wildman–Crippen MR) is 85.8 cm³/mol. The number of carbonyl (C=O) groups is 1. The number of carbonyl (C=O) groups excluding carboxylic acids is 1. The van der Waals surface area contributed by atoms with E-state index >= 15 is 0 Å². The van der Waals surface area contributed by atoms with Crippen LogP contribution in [0.5, 0.6) is 5.75 Å². The van der Waals surface area contributed by atoms with Crippen LogP contribution in [0.15, 0.2) is 18.2 Å². The Balaban J connectivity index is 2.12. The van der Waals surface area contributed by atoms with Crippen molar-refractivity contribution in [2.75, 3.05) is 20.2 Å². The van der Waals surface area contributed by atoms with E-state index < -0.39 is 0 Å². The smallest absolute Gasteiger partial charge is 0.159 e. The molecule has 1 aromatic carbocycles. The normalized spacial score (nSPS) is 19.8. The van der Waals surface area contributed by atoms with Gasteiger partial charge in [-0.05, 0) is 49.4 Å². The van der Waals surface area contributed by atoms with E-state index in [2.05, 4.69) is 25.7 Å². The van der Waals surface area contributed by atoms with Gasteiger partial charge < -0.3 is 4.74 Å². The summed E-state index contributed by atoms with van der Waals surface area (Å²) in [6, 6.07) is 5.72. The molecule has 0 aromatic heterocycles. The van der Waals surface area contributed by atoms with Gasteiger partial charge in [0.2, 0.25) is 0 Å². The van der Waals surface area contributed by atoms with Crippen molar-refractivity contribution in [3.63, 3.8) is 0 Å². The van der Waals surface area contributed by atoms with Crippen LogP contribution in [-0.4, -0.2) is 30.9 Å². The van der Waals surface area contributed by atoms with Crippen molar-refractivity contribution in [2.45, 2.75) is 40.7 Å². The molecule has 0 saturated carbocycles. The summed E-state index contributed by atoms with van der Waals surface area (Å²) in [6.45, 7) is 11.7. The quantitative estimate of drug-likeness (QED) is 0.790. The Labute approximate surface area is 128 Å². The fraction of sp³-hybridized carbons (Fsp3) is 0.611. The molecule has 0 bridgehead atoms. The zero-order valence-electron chi connectivity index (χ0n) is 13.9. The zero-order chi connectivity index (χ0) is 15.6. The summed E-state index contributed by atoms with van der Waals surface area (Å²) in [5.41, 5.74) is 2.23. The molecule has 0 N–H and O–H groups in total. The van der Waals surface area contributed by atoms with Crippen LogP contribution in [0.25, 0.3) is 0 Å². The van der Waals surface area contributed by atoms with Crippen LogP contribution in [0.4, 0.5) is 0 Å². The van der Waals surface area contributed by atoms with E-state index in [1.54, 1.807) is 14.0 Å². The van der Waals surface area contributed by atoms with Crippen LogP contribution >= 0.6 is 0 Å². The van der Waals surface area contributed by atoms with Crippen LogP contribution in [0, 0.1) is 11.3 Å². The first-order valence-electron chi connectivity index (χ1n) is 7.71. The van der Waals surface area contributed by atoms with E-state index in [4.69, 9.17) is 4.74 Å². The minimum atomic E-state index is 0.105. The summed E-state index contributed by atoms with van der Waals surface area (Å²) in [6.07, 6.45) is 1.25. The Bertz CT molecular complexity index is 516. The molecule has 116 valence electrons. The maximum atomic E-state index is 11.6. The second-order valence-corrected chi connectivity index (χ2v) is 7.17. The highest BCUT2D eigenvalue weighted by Gasteiger charge is 2.31. The van der Waals surface area contributed by atoms with Gasteiger partial charge in [0.1, 0.15) is 5.75 Å². The van der Waals surface area contributed by atoms with E-state index in [9.17, 15) is 4.79 Å². The number of hydrogen-bond donors (Lipinski definition) is 0. The zero-order valence-corrected chi connectivity index (χ0v) is 13.9. The molecule has 1 aromatic rings. The maximum absolute atomic E-state index is 11.6. The van der Waals surface area contributed by atoms with E-state index in [0.29, 0.717) is 5.41 Å². The van der Waals surface area contributed by atoms with Crippen molar-refractivity contribution in [3.8, 4) is 5.75 Å². The molecule has 21 heavy (non-hydrogen) atoms. The summed E-state index contributed by atoms with van der Waals surface area (Å²) in [5, 5.41) is 0.